The third kappa shape index (κ3) is 3.10. The second kappa shape index (κ2) is 5.78. The molecule has 1 amide bonds. The smallest absolute Gasteiger partial charge is 0.308 e. The molecule has 0 bridgehead atoms. The van der Waals surface area contributed by atoms with Gasteiger partial charge in [-0.1, -0.05) is 0 Å². The van der Waals surface area contributed by atoms with Crippen LogP contribution in [0.1, 0.15) is 23.2 Å². The van der Waals surface area contributed by atoms with E-state index >= 15 is 0 Å². The number of nitro benzene ring substituents is 1. The van der Waals surface area contributed by atoms with E-state index in [2.05, 4.69) is 0 Å². The van der Waals surface area contributed by atoms with E-state index in [9.17, 15) is 19.7 Å². The molecule has 0 aromatic heterocycles. The van der Waals surface area contributed by atoms with Gasteiger partial charge < -0.3 is 15.7 Å². The van der Waals surface area contributed by atoms with Gasteiger partial charge in [-0.25, -0.2) is 0 Å². The fraction of sp³-hybridized carbons (Fsp3) is 0.385. The molecule has 1 aromatic carbocycles. The summed E-state index contributed by atoms with van der Waals surface area (Å²) in [6.07, 6.45) is 1.25. The Morgan fingerprint density at radius 1 is 1.43 bits per heavy atom. The lowest BCUT2D eigenvalue weighted by Crippen LogP contribution is -2.39. The van der Waals surface area contributed by atoms with Gasteiger partial charge in [0.1, 0.15) is 0 Å². The van der Waals surface area contributed by atoms with E-state index in [-0.39, 0.29) is 17.8 Å². The van der Waals surface area contributed by atoms with Crippen molar-refractivity contribution in [3.8, 4) is 0 Å². The lowest BCUT2D eigenvalue weighted by Gasteiger charge is -2.33. The number of non-ortho nitro benzene ring substituents is 1. The quantitative estimate of drug-likeness (QED) is 0.629. The van der Waals surface area contributed by atoms with Gasteiger partial charge in [-0.3, -0.25) is 19.7 Å². The first kappa shape index (κ1) is 14.8. The summed E-state index contributed by atoms with van der Waals surface area (Å²) < 4.78 is 0. The third-order valence-electron chi connectivity index (χ3n) is 3.57. The van der Waals surface area contributed by atoms with Gasteiger partial charge in [-0.05, 0) is 18.9 Å². The van der Waals surface area contributed by atoms with Crippen LogP contribution in [0.4, 0.5) is 11.4 Å². The van der Waals surface area contributed by atoms with Crippen molar-refractivity contribution >= 4 is 23.3 Å². The summed E-state index contributed by atoms with van der Waals surface area (Å²) in [6.45, 7) is 0.843. The largest absolute Gasteiger partial charge is 0.481 e. The van der Waals surface area contributed by atoms with Crippen LogP contribution in [-0.2, 0) is 4.79 Å². The number of anilines is 1. The number of primary amides is 1. The number of benzene rings is 1. The van der Waals surface area contributed by atoms with Gasteiger partial charge in [0.2, 0.25) is 0 Å². The molecule has 1 saturated heterocycles. The average Bonchev–Trinajstić information content (AvgIpc) is 2.46. The number of carboxylic acid groups (broad SMARTS) is 1. The molecule has 2 rings (SSSR count). The summed E-state index contributed by atoms with van der Waals surface area (Å²) in [5.74, 6) is -2.18. The highest BCUT2D eigenvalue weighted by Crippen LogP contribution is 2.29. The van der Waals surface area contributed by atoms with Crippen LogP contribution in [0.3, 0.4) is 0 Å². The maximum Gasteiger partial charge on any atom is 0.308 e. The monoisotopic (exact) mass is 293 g/mol. The highest BCUT2D eigenvalue weighted by molar-refractivity contribution is 5.99. The van der Waals surface area contributed by atoms with Crippen molar-refractivity contribution in [2.75, 3.05) is 18.0 Å². The van der Waals surface area contributed by atoms with Gasteiger partial charge in [0, 0.05) is 25.2 Å². The van der Waals surface area contributed by atoms with Crippen LogP contribution in [-0.4, -0.2) is 35.0 Å². The molecule has 1 aromatic rings. The van der Waals surface area contributed by atoms with Crippen molar-refractivity contribution in [2.45, 2.75) is 12.8 Å². The molecule has 1 unspecified atom stereocenters. The maximum absolute atomic E-state index is 11.5. The van der Waals surface area contributed by atoms with Crippen LogP contribution in [0.2, 0.25) is 0 Å². The molecule has 1 atom stereocenters. The van der Waals surface area contributed by atoms with E-state index in [0.717, 1.165) is 6.07 Å². The van der Waals surface area contributed by atoms with Gasteiger partial charge in [0.05, 0.1) is 22.1 Å². The lowest BCUT2D eigenvalue weighted by molar-refractivity contribution is -0.384. The lowest BCUT2D eigenvalue weighted by atomic mass is 9.97. The molecule has 0 aliphatic carbocycles. The van der Waals surface area contributed by atoms with E-state index in [0.29, 0.717) is 25.1 Å². The van der Waals surface area contributed by atoms with Crippen LogP contribution in [0.5, 0.6) is 0 Å². The van der Waals surface area contributed by atoms with E-state index in [1.807, 2.05) is 0 Å². The number of nitro groups is 1. The molecule has 0 radical (unpaired) electrons. The molecule has 3 N–H and O–H groups in total. The number of aliphatic carboxylic acids is 1. The molecule has 21 heavy (non-hydrogen) atoms. The Morgan fingerprint density at radius 3 is 2.71 bits per heavy atom. The summed E-state index contributed by atoms with van der Waals surface area (Å²) in [7, 11) is 0. The predicted molar refractivity (Wildman–Crippen MR) is 74.2 cm³/mol. The number of rotatable bonds is 4. The Labute approximate surface area is 120 Å². The molecule has 0 spiro atoms. The number of carbonyl (C=O) groups excluding carboxylic acids is 1. The van der Waals surface area contributed by atoms with Gasteiger partial charge in [0.25, 0.3) is 11.6 Å². The summed E-state index contributed by atoms with van der Waals surface area (Å²) in [4.78, 5) is 34.5. The predicted octanol–water partition coefficient (Wildman–Crippen LogP) is 0.995. The zero-order chi connectivity index (χ0) is 15.6. The van der Waals surface area contributed by atoms with Crippen LogP contribution in [0.25, 0.3) is 0 Å². The van der Waals surface area contributed by atoms with Crippen LogP contribution in [0, 0.1) is 16.0 Å². The van der Waals surface area contributed by atoms with Crippen molar-refractivity contribution in [1.29, 1.82) is 0 Å². The normalized spacial score (nSPS) is 18.3. The Kier molecular flexibility index (Phi) is 4.06. The number of carbonyl (C=O) groups is 2. The molecule has 1 fully saturated rings. The Balaban J connectivity index is 2.36. The molecule has 0 saturated carbocycles. The highest BCUT2D eigenvalue weighted by Gasteiger charge is 2.28. The molecule has 1 aliphatic heterocycles. The van der Waals surface area contributed by atoms with E-state index in [4.69, 9.17) is 10.8 Å². The number of amides is 1. The fourth-order valence-corrected chi connectivity index (χ4v) is 2.51. The number of hydrogen-bond acceptors (Lipinski definition) is 5. The van der Waals surface area contributed by atoms with Gasteiger partial charge in [-0.15, -0.1) is 0 Å². The second-order valence-corrected chi connectivity index (χ2v) is 4.95. The molecule has 112 valence electrons. The summed E-state index contributed by atoms with van der Waals surface area (Å²) in [6, 6.07) is 3.86. The topological polar surface area (TPSA) is 127 Å². The molecule has 1 heterocycles. The SMILES string of the molecule is NC(=O)c1cc([N+](=O)[O-])ccc1N1CCCC(C(=O)O)C1. The van der Waals surface area contributed by atoms with Crippen molar-refractivity contribution in [3.63, 3.8) is 0 Å². The first-order valence-corrected chi connectivity index (χ1v) is 6.46. The Morgan fingerprint density at radius 2 is 2.14 bits per heavy atom. The van der Waals surface area contributed by atoms with Crippen LogP contribution < -0.4 is 10.6 Å². The fourth-order valence-electron chi connectivity index (χ4n) is 2.51. The zero-order valence-electron chi connectivity index (χ0n) is 11.2. The van der Waals surface area contributed by atoms with Crippen LogP contribution >= 0.6 is 0 Å². The number of nitrogens with zero attached hydrogens (tertiary/aromatic N) is 2. The van der Waals surface area contributed by atoms with Crippen molar-refractivity contribution in [1.82, 2.24) is 0 Å². The first-order valence-electron chi connectivity index (χ1n) is 6.46. The minimum atomic E-state index is -0.887. The number of nitrogens with two attached hydrogens (primary N) is 1. The zero-order valence-corrected chi connectivity index (χ0v) is 11.2. The maximum atomic E-state index is 11.5. The molecular formula is C13H15N3O5. The second-order valence-electron chi connectivity index (χ2n) is 4.95. The minimum Gasteiger partial charge on any atom is -0.481 e. The summed E-state index contributed by atoms with van der Waals surface area (Å²) in [5, 5.41) is 19.9. The van der Waals surface area contributed by atoms with Gasteiger partial charge in [0.15, 0.2) is 0 Å². The number of piperidine rings is 1. The Hall–Kier alpha value is -2.64. The van der Waals surface area contributed by atoms with Crippen LogP contribution in [0.15, 0.2) is 18.2 Å². The van der Waals surface area contributed by atoms with Crippen molar-refractivity contribution < 1.29 is 19.6 Å². The first-order chi connectivity index (χ1) is 9.90. The minimum absolute atomic E-state index is 0.0373. The summed E-state index contributed by atoms with van der Waals surface area (Å²) >= 11 is 0. The van der Waals surface area contributed by atoms with E-state index in [1.54, 1.807) is 4.90 Å². The average molecular weight is 293 g/mol. The van der Waals surface area contributed by atoms with E-state index in [1.165, 1.54) is 12.1 Å². The highest BCUT2D eigenvalue weighted by atomic mass is 16.6. The van der Waals surface area contributed by atoms with Gasteiger partial charge in [-0.2, -0.15) is 0 Å². The van der Waals surface area contributed by atoms with Crippen molar-refractivity contribution in [2.24, 2.45) is 11.7 Å². The van der Waals surface area contributed by atoms with Crippen molar-refractivity contribution in [3.05, 3.63) is 33.9 Å². The van der Waals surface area contributed by atoms with Gasteiger partial charge >= 0.3 is 5.97 Å². The summed E-state index contributed by atoms with van der Waals surface area (Å²) in [5.41, 5.74) is 5.54. The Bertz CT molecular complexity index is 601. The standard InChI is InChI=1S/C13H15N3O5/c14-12(17)10-6-9(16(20)21)3-4-11(10)15-5-1-2-8(7-15)13(18)19/h3-4,6,8H,1-2,5,7H2,(H2,14,17)(H,18,19). The number of carboxylic acids is 1. The molecular weight excluding hydrogens is 278 g/mol. The molecule has 8 heteroatoms. The molecule has 8 nitrogen and oxygen atoms in total. The molecule has 1 aliphatic rings. The van der Waals surface area contributed by atoms with E-state index < -0.39 is 22.7 Å². The number of hydrogen-bond donors (Lipinski definition) is 2. The third-order valence-corrected chi connectivity index (χ3v) is 3.57.